The maximum absolute atomic E-state index is 12.8. The molecule has 2 rings (SSSR count). The number of nitrogens with one attached hydrogen (secondary N) is 2. The molecule has 8 heteroatoms. The molecule has 1 aromatic carbocycles. The number of benzene rings is 1. The monoisotopic (exact) mass is 402 g/mol. The van der Waals surface area contributed by atoms with Gasteiger partial charge in [-0.3, -0.25) is 14.3 Å². The summed E-state index contributed by atoms with van der Waals surface area (Å²) in [5.74, 6) is -0.645. The molecule has 1 aromatic heterocycles. The molecule has 0 aliphatic heterocycles. The molecule has 0 saturated carbocycles. The Morgan fingerprint density at radius 1 is 1.10 bits per heavy atom. The van der Waals surface area contributed by atoms with Crippen LogP contribution in [-0.2, 0) is 9.47 Å². The normalized spacial score (nSPS) is 12.0. The fraction of sp³-hybridized carbons (Fsp3) is 0.476. The Bertz CT molecular complexity index is 785. The predicted molar refractivity (Wildman–Crippen MR) is 110 cm³/mol. The Morgan fingerprint density at radius 2 is 1.76 bits per heavy atom. The average molecular weight is 402 g/mol. The first-order valence-corrected chi connectivity index (χ1v) is 9.89. The lowest BCUT2D eigenvalue weighted by Crippen LogP contribution is -2.31. The average Bonchev–Trinajstić information content (AvgIpc) is 3.19. The van der Waals surface area contributed by atoms with Crippen molar-refractivity contribution >= 4 is 11.8 Å². The third-order valence-corrected chi connectivity index (χ3v) is 4.45. The van der Waals surface area contributed by atoms with Gasteiger partial charge >= 0.3 is 0 Å². The first kappa shape index (κ1) is 22.6. The fourth-order valence-corrected chi connectivity index (χ4v) is 2.95. The smallest absolute Gasteiger partial charge is 0.271 e. The van der Waals surface area contributed by atoms with Crippen molar-refractivity contribution in [2.24, 2.45) is 0 Å². The van der Waals surface area contributed by atoms with E-state index in [9.17, 15) is 9.59 Å². The van der Waals surface area contributed by atoms with Crippen LogP contribution in [0.1, 0.15) is 59.8 Å². The second-order valence-corrected chi connectivity index (χ2v) is 6.41. The van der Waals surface area contributed by atoms with Crippen LogP contribution in [0.3, 0.4) is 0 Å². The van der Waals surface area contributed by atoms with Crippen molar-refractivity contribution in [2.45, 2.75) is 39.5 Å². The highest BCUT2D eigenvalue weighted by atomic mass is 16.7. The fourth-order valence-electron chi connectivity index (χ4n) is 2.95. The van der Waals surface area contributed by atoms with Gasteiger partial charge in [0.25, 0.3) is 11.8 Å². The zero-order valence-corrected chi connectivity index (χ0v) is 17.5. The maximum Gasteiger partial charge on any atom is 0.271 e. The van der Waals surface area contributed by atoms with E-state index < -0.39 is 0 Å². The summed E-state index contributed by atoms with van der Waals surface area (Å²) in [5, 5.41) is 9.79. The predicted octanol–water partition coefficient (Wildman–Crippen LogP) is 2.37. The van der Waals surface area contributed by atoms with Crippen molar-refractivity contribution in [3.05, 3.63) is 53.3 Å². The molecule has 2 amide bonds. The van der Waals surface area contributed by atoms with E-state index in [1.54, 1.807) is 4.68 Å². The van der Waals surface area contributed by atoms with E-state index in [-0.39, 0.29) is 29.8 Å². The van der Waals surface area contributed by atoms with Gasteiger partial charge in [0.2, 0.25) is 0 Å². The third kappa shape index (κ3) is 6.13. The summed E-state index contributed by atoms with van der Waals surface area (Å²) in [7, 11) is 1.53. The molecule has 29 heavy (non-hydrogen) atoms. The number of nitrogens with zero attached hydrogens (tertiary/aromatic N) is 2. The summed E-state index contributed by atoms with van der Waals surface area (Å²) in [6.45, 7) is 7.18. The molecular weight excluding hydrogens is 372 g/mol. The number of hydrogen-bond donors (Lipinski definition) is 2. The highest BCUT2D eigenvalue weighted by Gasteiger charge is 2.22. The molecule has 0 radical (unpaired) electrons. The minimum Gasteiger partial charge on any atom is -0.354 e. The number of carbonyl (C=O) groups excluding carboxylic acids is 2. The molecule has 8 nitrogen and oxygen atoms in total. The molecule has 1 atom stereocenters. The van der Waals surface area contributed by atoms with E-state index in [2.05, 4.69) is 15.7 Å². The molecule has 0 aliphatic carbocycles. The van der Waals surface area contributed by atoms with Crippen molar-refractivity contribution in [3.8, 4) is 0 Å². The van der Waals surface area contributed by atoms with Gasteiger partial charge in [-0.2, -0.15) is 5.10 Å². The van der Waals surface area contributed by atoms with E-state index in [4.69, 9.17) is 9.47 Å². The van der Waals surface area contributed by atoms with Crippen LogP contribution < -0.4 is 10.6 Å². The van der Waals surface area contributed by atoms with Crippen LogP contribution in [0.15, 0.2) is 36.4 Å². The van der Waals surface area contributed by atoms with Crippen LogP contribution in [0.4, 0.5) is 0 Å². The summed E-state index contributed by atoms with van der Waals surface area (Å²) < 4.78 is 12.6. The quantitative estimate of drug-likeness (QED) is 0.563. The number of aromatic nitrogens is 2. The zero-order valence-electron chi connectivity index (χ0n) is 17.5. The molecule has 158 valence electrons. The summed E-state index contributed by atoms with van der Waals surface area (Å²) in [6, 6.07) is 11.0. The Labute approximate surface area is 171 Å². The number of hydrogen-bond acceptors (Lipinski definition) is 5. The van der Waals surface area contributed by atoms with Crippen LogP contribution in [0.5, 0.6) is 0 Å². The maximum atomic E-state index is 12.8. The highest BCUT2D eigenvalue weighted by Crippen LogP contribution is 2.20. The summed E-state index contributed by atoms with van der Waals surface area (Å²) in [4.78, 5) is 24.9. The molecule has 1 heterocycles. The van der Waals surface area contributed by atoms with Gasteiger partial charge in [-0.05, 0) is 26.3 Å². The van der Waals surface area contributed by atoms with Crippen molar-refractivity contribution in [1.29, 1.82) is 0 Å². The Hall–Kier alpha value is -2.71. The first-order chi connectivity index (χ1) is 14.0. The molecular formula is C21H30N4O4. The Kier molecular flexibility index (Phi) is 8.82. The van der Waals surface area contributed by atoms with Gasteiger partial charge in [0.05, 0.1) is 6.04 Å². The van der Waals surface area contributed by atoms with Gasteiger partial charge in [-0.15, -0.1) is 0 Å². The van der Waals surface area contributed by atoms with E-state index in [1.807, 2.05) is 51.1 Å². The minimum absolute atomic E-state index is 0.196. The van der Waals surface area contributed by atoms with Crippen molar-refractivity contribution in [1.82, 2.24) is 20.4 Å². The number of ether oxygens (including phenoxy) is 2. The second kappa shape index (κ2) is 11.3. The van der Waals surface area contributed by atoms with E-state index >= 15 is 0 Å². The Morgan fingerprint density at radius 3 is 2.34 bits per heavy atom. The second-order valence-electron chi connectivity index (χ2n) is 6.41. The summed E-state index contributed by atoms with van der Waals surface area (Å²) in [5.41, 5.74) is 1.51. The van der Waals surface area contributed by atoms with Gasteiger partial charge < -0.3 is 20.1 Å². The van der Waals surface area contributed by atoms with E-state index in [1.165, 1.54) is 13.1 Å². The number of amides is 2. The lowest BCUT2D eigenvalue weighted by atomic mass is 10.1. The van der Waals surface area contributed by atoms with Crippen LogP contribution >= 0.6 is 0 Å². The van der Waals surface area contributed by atoms with E-state index in [0.717, 1.165) is 5.56 Å². The van der Waals surface area contributed by atoms with Gasteiger partial charge in [0, 0.05) is 39.3 Å². The largest absolute Gasteiger partial charge is 0.354 e. The topological polar surface area (TPSA) is 94.5 Å². The van der Waals surface area contributed by atoms with Crippen LogP contribution in [0, 0.1) is 0 Å². The van der Waals surface area contributed by atoms with Gasteiger partial charge in [-0.1, -0.05) is 30.3 Å². The van der Waals surface area contributed by atoms with Gasteiger partial charge in [0.15, 0.2) is 12.0 Å². The lowest BCUT2D eigenvalue weighted by molar-refractivity contribution is -0.138. The number of rotatable bonds is 11. The highest BCUT2D eigenvalue weighted by molar-refractivity contribution is 5.97. The van der Waals surface area contributed by atoms with Crippen molar-refractivity contribution in [2.75, 3.05) is 26.8 Å². The molecule has 0 unspecified atom stereocenters. The third-order valence-electron chi connectivity index (χ3n) is 4.45. The molecule has 0 saturated heterocycles. The molecule has 0 spiro atoms. The van der Waals surface area contributed by atoms with Crippen molar-refractivity contribution < 1.29 is 19.1 Å². The zero-order chi connectivity index (χ0) is 21.2. The standard InChI is InChI=1S/C21H30N4O4/c1-5-28-19(29-6-2)12-13-23-21(27)18-14-17(20(26)22-4)24-25(18)15(3)16-10-8-7-9-11-16/h7-11,14-15,19H,5-6,12-13H2,1-4H3,(H,22,26)(H,23,27)/t15-/m0/s1. The minimum atomic E-state index is -0.361. The first-order valence-electron chi connectivity index (χ1n) is 9.89. The van der Waals surface area contributed by atoms with E-state index in [0.29, 0.717) is 31.9 Å². The SMILES string of the molecule is CCOC(CCNC(=O)c1cc(C(=O)NC)nn1[C@@H](C)c1ccccc1)OCC. The van der Waals surface area contributed by atoms with Crippen LogP contribution in [0.2, 0.25) is 0 Å². The Balaban J connectivity index is 2.18. The summed E-state index contributed by atoms with van der Waals surface area (Å²) >= 11 is 0. The van der Waals surface area contributed by atoms with Gasteiger partial charge in [-0.25, -0.2) is 0 Å². The molecule has 2 aromatic rings. The van der Waals surface area contributed by atoms with Crippen LogP contribution in [0.25, 0.3) is 0 Å². The summed E-state index contributed by atoms with van der Waals surface area (Å²) in [6.07, 6.45) is 0.165. The molecule has 2 N–H and O–H groups in total. The number of carbonyl (C=O) groups is 2. The molecule has 0 fully saturated rings. The van der Waals surface area contributed by atoms with Gasteiger partial charge in [0.1, 0.15) is 5.69 Å². The molecule has 0 bridgehead atoms. The lowest BCUT2D eigenvalue weighted by Gasteiger charge is -2.18. The van der Waals surface area contributed by atoms with Crippen LogP contribution in [-0.4, -0.2) is 54.7 Å². The molecule has 0 aliphatic rings. The van der Waals surface area contributed by atoms with Crippen molar-refractivity contribution in [3.63, 3.8) is 0 Å².